The summed E-state index contributed by atoms with van der Waals surface area (Å²) in [6.07, 6.45) is 1.20. The maximum absolute atomic E-state index is 12.2. The van der Waals surface area contributed by atoms with Gasteiger partial charge in [-0.2, -0.15) is 0 Å². The van der Waals surface area contributed by atoms with Gasteiger partial charge in [-0.15, -0.1) is 0 Å². The second-order valence-corrected chi connectivity index (χ2v) is 7.29. The van der Waals surface area contributed by atoms with Crippen LogP contribution in [0, 0.1) is 0 Å². The number of likely N-dealkylation sites (N-methyl/N-ethyl adjacent to an activating group) is 1. The summed E-state index contributed by atoms with van der Waals surface area (Å²) >= 11 is 0. The summed E-state index contributed by atoms with van der Waals surface area (Å²) in [7, 11) is 4.98. The number of amides is 2. The van der Waals surface area contributed by atoms with Crippen LogP contribution in [0.1, 0.15) is 39.2 Å². The van der Waals surface area contributed by atoms with Crippen molar-refractivity contribution in [3.63, 3.8) is 0 Å². The van der Waals surface area contributed by atoms with Crippen molar-refractivity contribution in [3.8, 4) is 11.5 Å². The number of nitrogens with zero attached hydrogens (tertiary/aromatic N) is 1. The van der Waals surface area contributed by atoms with Gasteiger partial charge in [-0.1, -0.05) is 6.07 Å². The second-order valence-electron chi connectivity index (χ2n) is 7.29. The van der Waals surface area contributed by atoms with E-state index in [0.29, 0.717) is 37.4 Å². The molecule has 0 spiro atoms. The van der Waals surface area contributed by atoms with Crippen molar-refractivity contribution < 1.29 is 23.8 Å². The Kier molecular flexibility index (Phi) is 8.91. The highest BCUT2D eigenvalue weighted by atomic mass is 16.6. The first kappa shape index (κ1) is 22.6. The third kappa shape index (κ3) is 8.66. The van der Waals surface area contributed by atoms with Crippen LogP contribution in [-0.4, -0.2) is 56.9 Å². The molecule has 0 aliphatic carbocycles. The lowest BCUT2D eigenvalue weighted by Crippen LogP contribution is -2.34. The van der Waals surface area contributed by atoms with E-state index in [-0.39, 0.29) is 5.91 Å². The molecule has 1 rings (SSSR count). The Bertz CT molecular complexity index is 625. The number of methoxy groups -OCH3 is 2. The molecule has 152 valence electrons. The summed E-state index contributed by atoms with van der Waals surface area (Å²) in [5.41, 5.74) is 0.545. The SMILES string of the molecule is COc1ccc(CCN(C)C(=O)CCCNC(=O)OC(C)(C)C)cc1OC. The average molecular weight is 380 g/mol. The predicted molar refractivity (Wildman–Crippen MR) is 104 cm³/mol. The molecule has 0 aliphatic heterocycles. The molecule has 1 aromatic rings. The lowest BCUT2D eigenvalue weighted by Gasteiger charge is -2.20. The Morgan fingerprint density at radius 2 is 1.78 bits per heavy atom. The molecule has 0 fully saturated rings. The van der Waals surface area contributed by atoms with E-state index in [9.17, 15) is 9.59 Å². The molecule has 27 heavy (non-hydrogen) atoms. The Balaban J connectivity index is 2.33. The van der Waals surface area contributed by atoms with Gasteiger partial charge in [0.1, 0.15) is 5.60 Å². The van der Waals surface area contributed by atoms with Crippen LogP contribution in [0.2, 0.25) is 0 Å². The van der Waals surface area contributed by atoms with Gasteiger partial charge in [0.2, 0.25) is 5.91 Å². The van der Waals surface area contributed by atoms with Gasteiger partial charge in [0.25, 0.3) is 0 Å². The van der Waals surface area contributed by atoms with Crippen LogP contribution in [-0.2, 0) is 16.0 Å². The Hall–Kier alpha value is -2.44. The molecule has 1 aromatic carbocycles. The molecular formula is C20H32N2O5. The van der Waals surface area contributed by atoms with Crippen molar-refractivity contribution >= 4 is 12.0 Å². The van der Waals surface area contributed by atoms with E-state index in [1.54, 1.807) is 26.2 Å². The van der Waals surface area contributed by atoms with Crippen molar-refractivity contribution in [2.45, 2.75) is 45.6 Å². The molecule has 7 heteroatoms. The molecule has 0 aromatic heterocycles. The number of alkyl carbamates (subject to hydrolysis) is 1. The van der Waals surface area contributed by atoms with E-state index in [4.69, 9.17) is 14.2 Å². The summed E-state index contributed by atoms with van der Waals surface area (Å²) in [6, 6.07) is 5.74. The van der Waals surface area contributed by atoms with Gasteiger partial charge in [0.15, 0.2) is 11.5 Å². The minimum absolute atomic E-state index is 0.0430. The monoisotopic (exact) mass is 380 g/mol. The first-order chi connectivity index (χ1) is 12.7. The van der Waals surface area contributed by atoms with Gasteiger partial charge in [0, 0.05) is 26.6 Å². The second kappa shape index (κ2) is 10.6. The molecule has 2 amide bonds. The molecule has 0 atom stereocenters. The highest BCUT2D eigenvalue weighted by molar-refractivity contribution is 5.76. The normalized spacial score (nSPS) is 10.9. The molecule has 0 heterocycles. The zero-order valence-corrected chi connectivity index (χ0v) is 17.3. The molecule has 0 bridgehead atoms. The highest BCUT2D eigenvalue weighted by Crippen LogP contribution is 2.27. The van der Waals surface area contributed by atoms with Crippen LogP contribution in [0.3, 0.4) is 0 Å². The number of ether oxygens (including phenoxy) is 3. The third-order valence-corrected chi connectivity index (χ3v) is 3.85. The number of nitrogens with one attached hydrogen (secondary N) is 1. The predicted octanol–water partition coefficient (Wildman–Crippen LogP) is 3.01. The zero-order valence-electron chi connectivity index (χ0n) is 17.3. The van der Waals surface area contributed by atoms with Crippen LogP contribution < -0.4 is 14.8 Å². The molecule has 0 aliphatic rings. The summed E-state index contributed by atoms with van der Waals surface area (Å²) < 4.78 is 15.7. The number of benzene rings is 1. The zero-order chi connectivity index (χ0) is 20.4. The minimum Gasteiger partial charge on any atom is -0.493 e. The van der Waals surface area contributed by atoms with Gasteiger partial charge >= 0.3 is 6.09 Å². The van der Waals surface area contributed by atoms with Gasteiger partial charge < -0.3 is 24.4 Å². The summed E-state index contributed by atoms with van der Waals surface area (Å²) in [6.45, 7) is 6.44. The van der Waals surface area contributed by atoms with E-state index in [1.165, 1.54) is 0 Å². The van der Waals surface area contributed by atoms with E-state index in [1.807, 2.05) is 39.0 Å². The van der Waals surface area contributed by atoms with E-state index in [0.717, 1.165) is 12.0 Å². The third-order valence-electron chi connectivity index (χ3n) is 3.85. The molecule has 0 saturated carbocycles. The first-order valence-electron chi connectivity index (χ1n) is 9.08. The summed E-state index contributed by atoms with van der Waals surface area (Å²) in [5.74, 6) is 1.40. The summed E-state index contributed by atoms with van der Waals surface area (Å²) in [5, 5.41) is 2.66. The summed E-state index contributed by atoms with van der Waals surface area (Å²) in [4.78, 5) is 25.4. The average Bonchev–Trinajstić information content (AvgIpc) is 2.61. The maximum atomic E-state index is 12.2. The Morgan fingerprint density at radius 3 is 2.37 bits per heavy atom. The van der Waals surface area contributed by atoms with Crippen molar-refractivity contribution in [1.82, 2.24) is 10.2 Å². The number of carbonyl (C=O) groups is 2. The van der Waals surface area contributed by atoms with Gasteiger partial charge in [0.05, 0.1) is 14.2 Å². The number of hydrogen-bond acceptors (Lipinski definition) is 5. The van der Waals surface area contributed by atoms with Crippen LogP contribution in [0.15, 0.2) is 18.2 Å². The first-order valence-corrected chi connectivity index (χ1v) is 9.08. The van der Waals surface area contributed by atoms with Gasteiger partial charge in [-0.3, -0.25) is 4.79 Å². The largest absolute Gasteiger partial charge is 0.493 e. The fourth-order valence-corrected chi connectivity index (χ4v) is 2.39. The van der Waals surface area contributed by atoms with Gasteiger partial charge in [-0.25, -0.2) is 4.79 Å². The van der Waals surface area contributed by atoms with E-state index in [2.05, 4.69) is 5.32 Å². The fraction of sp³-hybridized carbons (Fsp3) is 0.600. The van der Waals surface area contributed by atoms with Crippen molar-refractivity contribution in [3.05, 3.63) is 23.8 Å². The molecular weight excluding hydrogens is 348 g/mol. The van der Waals surface area contributed by atoms with Crippen molar-refractivity contribution in [2.75, 3.05) is 34.4 Å². The van der Waals surface area contributed by atoms with Gasteiger partial charge in [-0.05, 0) is 51.3 Å². The fourth-order valence-electron chi connectivity index (χ4n) is 2.39. The molecule has 7 nitrogen and oxygen atoms in total. The number of rotatable bonds is 9. The quantitative estimate of drug-likeness (QED) is 0.667. The number of carbonyl (C=O) groups excluding carboxylic acids is 2. The van der Waals surface area contributed by atoms with Crippen LogP contribution in [0.25, 0.3) is 0 Å². The van der Waals surface area contributed by atoms with Crippen LogP contribution in [0.5, 0.6) is 11.5 Å². The maximum Gasteiger partial charge on any atom is 0.407 e. The molecule has 1 N–H and O–H groups in total. The van der Waals surface area contributed by atoms with Crippen molar-refractivity contribution in [2.24, 2.45) is 0 Å². The minimum atomic E-state index is -0.524. The standard InChI is InChI=1S/C20H32N2O5/c1-20(2,3)27-19(24)21-12-7-8-18(23)22(4)13-11-15-9-10-16(25-5)17(14-15)26-6/h9-10,14H,7-8,11-13H2,1-6H3,(H,21,24). The van der Waals surface area contributed by atoms with Crippen molar-refractivity contribution in [1.29, 1.82) is 0 Å². The molecule has 0 unspecified atom stereocenters. The topological polar surface area (TPSA) is 77.1 Å². The molecule has 0 radical (unpaired) electrons. The van der Waals surface area contributed by atoms with Crippen LogP contribution in [0.4, 0.5) is 4.79 Å². The van der Waals surface area contributed by atoms with E-state index >= 15 is 0 Å². The number of hydrogen-bond donors (Lipinski definition) is 1. The lowest BCUT2D eigenvalue weighted by molar-refractivity contribution is -0.129. The smallest absolute Gasteiger partial charge is 0.407 e. The van der Waals surface area contributed by atoms with E-state index < -0.39 is 11.7 Å². The molecule has 0 saturated heterocycles. The Morgan fingerprint density at radius 1 is 1.11 bits per heavy atom. The van der Waals surface area contributed by atoms with Crippen LogP contribution >= 0.6 is 0 Å². The highest BCUT2D eigenvalue weighted by Gasteiger charge is 2.16. The lowest BCUT2D eigenvalue weighted by atomic mass is 10.1. The Labute approximate surface area is 162 Å².